The Balaban J connectivity index is 0.00000242. The molecule has 0 aliphatic rings. The highest BCUT2D eigenvalue weighted by molar-refractivity contribution is 7.98. The zero-order chi connectivity index (χ0) is 15.2. The smallest absolute Gasteiger partial charge is 0.315 e. The van der Waals surface area contributed by atoms with E-state index < -0.39 is 5.91 Å². The van der Waals surface area contributed by atoms with Gasteiger partial charge < -0.3 is 20.1 Å². The minimum atomic E-state index is -0.418. The molecule has 2 rings (SSSR count). The minimum absolute atomic E-state index is 0. The van der Waals surface area contributed by atoms with Crippen molar-refractivity contribution in [3.63, 3.8) is 0 Å². The molecule has 1 amide bonds. The summed E-state index contributed by atoms with van der Waals surface area (Å²) in [7, 11) is 1.49. The number of halogens is 1. The number of thioether (sulfide) groups is 1. The van der Waals surface area contributed by atoms with E-state index in [0.29, 0.717) is 35.6 Å². The summed E-state index contributed by atoms with van der Waals surface area (Å²) in [6.45, 7) is 4.56. The highest BCUT2D eigenvalue weighted by Gasteiger charge is 2.15. The third kappa shape index (κ3) is 4.06. The fraction of sp³-hybridized carbons (Fsp3) is 0.364. The van der Waals surface area contributed by atoms with Gasteiger partial charge in [0.15, 0.2) is 11.0 Å². The molecule has 9 nitrogen and oxygen atoms in total. The Morgan fingerprint density at radius 1 is 1.55 bits per heavy atom. The maximum absolute atomic E-state index is 11.3. The lowest BCUT2D eigenvalue weighted by Gasteiger charge is -2.04. The quantitative estimate of drug-likeness (QED) is 0.545. The van der Waals surface area contributed by atoms with Crippen LogP contribution in [0.4, 0.5) is 0 Å². The first kappa shape index (κ1) is 18.1. The topological polar surface area (TPSA) is 125 Å². The van der Waals surface area contributed by atoms with Crippen molar-refractivity contribution < 1.29 is 9.32 Å². The lowest BCUT2D eigenvalue weighted by atomic mass is 10.5. The van der Waals surface area contributed by atoms with Crippen LogP contribution >= 0.6 is 24.2 Å². The second kappa shape index (κ2) is 8.51. The molecule has 0 aliphatic heterocycles. The number of carbonyl (C=O) groups is 1. The van der Waals surface area contributed by atoms with Crippen molar-refractivity contribution in [3.8, 4) is 0 Å². The van der Waals surface area contributed by atoms with Crippen LogP contribution in [0.25, 0.3) is 0 Å². The first-order chi connectivity index (χ1) is 10.2. The Bertz CT molecular complexity index is 642. The van der Waals surface area contributed by atoms with E-state index in [1.807, 2.05) is 4.57 Å². The molecule has 0 bridgehead atoms. The van der Waals surface area contributed by atoms with Crippen molar-refractivity contribution in [3.05, 3.63) is 30.2 Å². The number of carbonyl (C=O) groups excluding carboxylic acids is 1. The molecule has 0 aliphatic carbocycles. The molecular weight excluding hydrogens is 330 g/mol. The van der Waals surface area contributed by atoms with Crippen LogP contribution in [0, 0.1) is 0 Å². The maximum Gasteiger partial charge on any atom is 0.315 e. The summed E-state index contributed by atoms with van der Waals surface area (Å²) in [6, 6.07) is 0. The number of hydrogen-bond donors (Lipinski definition) is 2. The molecule has 3 N–H and O–H groups in total. The summed E-state index contributed by atoms with van der Waals surface area (Å²) in [4.78, 5) is 15.3. The normalized spacial score (nSPS) is 10.1. The summed E-state index contributed by atoms with van der Waals surface area (Å²) in [6.07, 6.45) is 1.74. The Morgan fingerprint density at radius 2 is 2.32 bits per heavy atom. The van der Waals surface area contributed by atoms with E-state index in [2.05, 4.69) is 32.2 Å². The van der Waals surface area contributed by atoms with Gasteiger partial charge in [0.1, 0.15) is 5.82 Å². The van der Waals surface area contributed by atoms with Gasteiger partial charge in [-0.15, -0.1) is 29.2 Å². The number of hydrogen-bond acceptors (Lipinski definition) is 8. The van der Waals surface area contributed by atoms with Gasteiger partial charge in [-0.3, -0.25) is 4.79 Å². The van der Waals surface area contributed by atoms with Crippen molar-refractivity contribution in [1.82, 2.24) is 30.2 Å². The fourth-order valence-electron chi connectivity index (χ4n) is 1.53. The van der Waals surface area contributed by atoms with Gasteiger partial charge >= 0.3 is 11.8 Å². The molecule has 0 fully saturated rings. The molecule has 0 saturated heterocycles. The average molecular weight is 346 g/mol. The number of nitrogens with one attached hydrogen (secondary N) is 1. The van der Waals surface area contributed by atoms with Crippen LogP contribution in [0.5, 0.6) is 0 Å². The summed E-state index contributed by atoms with van der Waals surface area (Å²) < 4.78 is 6.70. The van der Waals surface area contributed by atoms with E-state index in [1.165, 1.54) is 18.8 Å². The maximum atomic E-state index is 11.3. The van der Waals surface area contributed by atoms with E-state index in [0.717, 1.165) is 0 Å². The predicted octanol–water partition coefficient (Wildman–Crippen LogP) is 0.380. The first-order valence-corrected chi connectivity index (χ1v) is 7.08. The number of allylic oxidation sites excluding steroid dienone is 1. The number of aromatic nitrogens is 5. The molecule has 0 aromatic carbocycles. The van der Waals surface area contributed by atoms with Crippen LogP contribution in [0.1, 0.15) is 22.3 Å². The van der Waals surface area contributed by atoms with Crippen LogP contribution < -0.4 is 11.1 Å². The highest BCUT2D eigenvalue weighted by atomic mass is 35.5. The number of rotatable bonds is 7. The minimum Gasteiger partial charge on any atom is -0.351 e. The molecule has 0 radical (unpaired) electrons. The SMILES string of the molecule is C=CCn1c(CN)nnc1SCc1noc(C(=O)NC)n1.Cl. The molecule has 22 heavy (non-hydrogen) atoms. The molecule has 2 aromatic rings. The Kier molecular flexibility index (Phi) is 7.02. The summed E-state index contributed by atoms with van der Waals surface area (Å²) in [5.74, 6) is 1.00. The zero-order valence-electron chi connectivity index (χ0n) is 11.9. The second-order valence-electron chi connectivity index (χ2n) is 3.89. The van der Waals surface area contributed by atoms with Gasteiger partial charge in [-0.05, 0) is 0 Å². The Morgan fingerprint density at radius 3 is 2.95 bits per heavy atom. The lowest BCUT2D eigenvalue weighted by Crippen LogP contribution is -2.18. The third-order valence-corrected chi connectivity index (χ3v) is 3.47. The molecule has 0 spiro atoms. The molecule has 0 unspecified atom stereocenters. The third-order valence-electron chi connectivity index (χ3n) is 2.51. The van der Waals surface area contributed by atoms with Gasteiger partial charge in [-0.1, -0.05) is 23.0 Å². The summed E-state index contributed by atoms with van der Waals surface area (Å²) in [5, 5.41) is 14.9. The number of amides is 1. The molecular formula is C11H16ClN7O2S. The molecule has 120 valence electrons. The van der Waals surface area contributed by atoms with Crippen molar-refractivity contribution in [1.29, 1.82) is 0 Å². The van der Waals surface area contributed by atoms with Crippen LogP contribution in [0.2, 0.25) is 0 Å². The molecule has 2 aromatic heterocycles. The first-order valence-electron chi connectivity index (χ1n) is 6.10. The van der Waals surface area contributed by atoms with E-state index in [-0.39, 0.29) is 18.3 Å². The van der Waals surface area contributed by atoms with Gasteiger partial charge in [-0.2, -0.15) is 4.98 Å². The number of nitrogens with two attached hydrogens (primary N) is 1. The van der Waals surface area contributed by atoms with Crippen molar-refractivity contribution >= 4 is 30.1 Å². The van der Waals surface area contributed by atoms with E-state index in [9.17, 15) is 4.79 Å². The van der Waals surface area contributed by atoms with E-state index >= 15 is 0 Å². The number of nitrogens with zero attached hydrogens (tertiary/aromatic N) is 5. The molecule has 11 heteroatoms. The fourth-order valence-corrected chi connectivity index (χ4v) is 2.34. The molecule has 0 saturated carbocycles. The van der Waals surface area contributed by atoms with Crippen LogP contribution in [0.15, 0.2) is 22.3 Å². The zero-order valence-corrected chi connectivity index (χ0v) is 13.5. The largest absolute Gasteiger partial charge is 0.351 e. The lowest BCUT2D eigenvalue weighted by molar-refractivity contribution is 0.0919. The highest BCUT2D eigenvalue weighted by Crippen LogP contribution is 2.20. The Hall–Kier alpha value is -1.91. The van der Waals surface area contributed by atoms with Gasteiger partial charge in [0.05, 0.1) is 12.3 Å². The van der Waals surface area contributed by atoms with Crippen LogP contribution in [-0.4, -0.2) is 37.9 Å². The van der Waals surface area contributed by atoms with Crippen molar-refractivity contribution in [2.24, 2.45) is 5.73 Å². The summed E-state index contributed by atoms with van der Waals surface area (Å²) in [5.41, 5.74) is 5.60. The van der Waals surface area contributed by atoms with Gasteiger partial charge in [0.2, 0.25) is 0 Å². The van der Waals surface area contributed by atoms with Gasteiger partial charge in [0.25, 0.3) is 0 Å². The molecule has 0 atom stereocenters. The van der Waals surface area contributed by atoms with Gasteiger partial charge in [0, 0.05) is 13.6 Å². The standard InChI is InChI=1S/C11H15N7O2S.ClH/c1-3-4-18-8(5-12)15-16-11(18)21-6-7-14-10(20-17-7)9(19)13-2;/h3H,1,4-6,12H2,2H3,(H,13,19);1H. The van der Waals surface area contributed by atoms with Crippen LogP contribution in [0.3, 0.4) is 0 Å². The summed E-state index contributed by atoms with van der Waals surface area (Å²) >= 11 is 1.38. The average Bonchev–Trinajstić information content (AvgIpc) is 3.11. The predicted molar refractivity (Wildman–Crippen MR) is 82.6 cm³/mol. The van der Waals surface area contributed by atoms with E-state index in [1.54, 1.807) is 6.08 Å². The van der Waals surface area contributed by atoms with E-state index in [4.69, 9.17) is 10.3 Å². The van der Waals surface area contributed by atoms with Crippen molar-refractivity contribution in [2.75, 3.05) is 7.05 Å². The monoisotopic (exact) mass is 345 g/mol. The second-order valence-corrected chi connectivity index (χ2v) is 4.83. The van der Waals surface area contributed by atoms with Crippen molar-refractivity contribution in [2.45, 2.75) is 24.0 Å². The Labute approximate surface area is 137 Å². The van der Waals surface area contributed by atoms with Crippen LogP contribution in [-0.2, 0) is 18.8 Å². The molecule has 2 heterocycles. The van der Waals surface area contributed by atoms with Gasteiger partial charge in [-0.25, -0.2) is 0 Å².